The molecule has 0 saturated carbocycles. The number of piperazine rings is 1. The summed E-state index contributed by atoms with van der Waals surface area (Å²) in [6.45, 7) is 6.70. The summed E-state index contributed by atoms with van der Waals surface area (Å²) in [7, 11) is 1.87. The van der Waals surface area contributed by atoms with Crippen molar-refractivity contribution in [1.82, 2.24) is 24.0 Å². The molecule has 2 aromatic heterocycles. The number of hydrogen-bond donors (Lipinski definition) is 0. The number of hydrogen-bond acceptors (Lipinski definition) is 7. The van der Waals surface area contributed by atoms with Gasteiger partial charge in [0.2, 0.25) is 0 Å². The summed E-state index contributed by atoms with van der Waals surface area (Å²) in [6.07, 6.45) is 7.15. The molecule has 4 rings (SSSR count). The van der Waals surface area contributed by atoms with Gasteiger partial charge < -0.3 is 9.80 Å². The van der Waals surface area contributed by atoms with Crippen LogP contribution in [0.1, 0.15) is 30.1 Å². The van der Waals surface area contributed by atoms with Gasteiger partial charge in [-0.15, -0.1) is 0 Å². The fraction of sp³-hybridized carbons (Fsp3) is 0.600. The minimum Gasteiger partial charge on any atom is -0.370 e. The van der Waals surface area contributed by atoms with Crippen molar-refractivity contribution in [2.45, 2.75) is 19.8 Å². The number of anilines is 1. The first-order valence-electron chi connectivity index (χ1n) is 10.0. The van der Waals surface area contributed by atoms with Gasteiger partial charge in [-0.05, 0) is 26.0 Å². The lowest BCUT2D eigenvalue weighted by Gasteiger charge is -2.38. The third kappa shape index (κ3) is 3.67. The molecule has 0 spiro atoms. The SMILES string of the molecule is CSN1CCN(C(=O)c2cnc3c(cnn3C)c2N2CCC(C)(C#N)CC2)CC1. The number of piperidine rings is 1. The fourth-order valence-corrected chi connectivity index (χ4v) is 4.69. The van der Waals surface area contributed by atoms with Crippen molar-refractivity contribution in [2.75, 3.05) is 50.4 Å². The van der Waals surface area contributed by atoms with Gasteiger partial charge in [0.15, 0.2) is 5.65 Å². The first-order valence-corrected chi connectivity index (χ1v) is 11.2. The summed E-state index contributed by atoms with van der Waals surface area (Å²) in [6, 6.07) is 2.46. The molecule has 154 valence electrons. The van der Waals surface area contributed by atoms with Crippen LogP contribution in [0.2, 0.25) is 0 Å². The Morgan fingerprint density at radius 2 is 1.86 bits per heavy atom. The molecule has 8 nitrogen and oxygen atoms in total. The molecular formula is C20H27N7OS. The average Bonchev–Trinajstić information content (AvgIpc) is 3.14. The Kier molecular flexibility index (Phi) is 5.40. The van der Waals surface area contributed by atoms with Gasteiger partial charge in [-0.2, -0.15) is 10.4 Å². The van der Waals surface area contributed by atoms with E-state index in [9.17, 15) is 10.1 Å². The average molecular weight is 414 g/mol. The van der Waals surface area contributed by atoms with Crippen LogP contribution in [0.15, 0.2) is 12.4 Å². The predicted molar refractivity (Wildman–Crippen MR) is 115 cm³/mol. The van der Waals surface area contributed by atoms with Crippen LogP contribution in [0.3, 0.4) is 0 Å². The molecule has 1 amide bonds. The Morgan fingerprint density at radius 3 is 2.48 bits per heavy atom. The molecule has 29 heavy (non-hydrogen) atoms. The molecule has 2 aliphatic rings. The standard InChI is InChI=1S/C20H27N7OS/c1-20(14-21)4-6-25(7-5-20)17-15-13-23-24(2)18(15)22-12-16(17)19(28)26-8-10-27(29-3)11-9-26/h12-13H,4-11H2,1-3H3. The van der Waals surface area contributed by atoms with Gasteiger partial charge >= 0.3 is 0 Å². The van der Waals surface area contributed by atoms with Gasteiger partial charge in [-0.25, -0.2) is 9.29 Å². The second-order valence-corrected chi connectivity index (χ2v) is 8.97. The highest BCUT2D eigenvalue weighted by atomic mass is 32.2. The molecule has 0 aromatic carbocycles. The van der Waals surface area contributed by atoms with Crippen molar-refractivity contribution in [3.63, 3.8) is 0 Å². The smallest absolute Gasteiger partial charge is 0.257 e. The second kappa shape index (κ2) is 7.84. The van der Waals surface area contributed by atoms with E-state index >= 15 is 0 Å². The van der Waals surface area contributed by atoms with Gasteiger partial charge in [0.25, 0.3) is 5.91 Å². The molecule has 2 aromatic rings. The number of nitrogens with zero attached hydrogens (tertiary/aromatic N) is 7. The first kappa shape index (κ1) is 20.0. The van der Waals surface area contributed by atoms with E-state index < -0.39 is 0 Å². The molecule has 9 heteroatoms. The molecule has 0 radical (unpaired) electrons. The number of nitriles is 1. The molecule has 2 fully saturated rings. The van der Waals surface area contributed by atoms with Crippen molar-refractivity contribution in [3.05, 3.63) is 18.0 Å². The monoisotopic (exact) mass is 413 g/mol. The van der Waals surface area contributed by atoms with E-state index in [-0.39, 0.29) is 11.3 Å². The van der Waals surface area contributed by atoms with Crippen LogP contribution in [-0.2, 0) is 7.05 Å². The van der Waals surface area contributed by atoms with E-state index in [0.29, 0.717) is 5.56 Å². The van der Waals surface area contributed by atoms with Crippen molar-refractivity contribution in [1.29, 1.82) is 5.26 Å². The third-order valence-corrected chi connectivity index (χ3v) is 7.08. The van der Waals surface area contributed by atoms with E-state index in [2.05, 4.69) is 31.6 Å². The van der Waals surface area contributed by atoms with Crippen LogP contribution >= 0.6 is 11.9 Å². The normalized spacial score (nSPS) is 20.1. The Bertz CT molecular complexity index is 950. The molecule has 0 bridgehead atoms. The zero-order valence-corrected chi connectivity index (χ0v) is 18.1. The highest BCUT2D eigenvalue weighted by Crippen LogP contribution is 2.37. The molecule has 0 atom stereocenters. The summed E-state index contributed by atoms with van der Waals surface area (Å²) in [5.41, 5.74) is 2.04. The number of aryl methyl sites for hydroxylation is 1. The lowest BCUT2D eigenvalue weighted by Crippen LogP contribution is -2.47. The van der Waals surface area contributed by atoms with Crippen LogP contribution in [0.5, 0.6) is 0 Å². The summed E-state index contributed by atoms with van der Waals surface area (Å²) in [4.78, 5) is 22.2. The van der Waals surface area contributed by atoms with Gasteiger partial charge in [-0.1, -0.05) is 11.9 Å². The van der Waals surface area contributed by atoms with E-state index in [1.165, 1.54) is 0 Å². The number of amides is 1. The summed E-state index contributed by atoms with van der Waals surface area (Å²) in [5.74, 6) is 0.0348. The topological polar surface area (TPSA) is 81.3 Å². The Hall–Kier alpha value is -2.31. The largest absolute Gasteiger partial charge is 0.370 e. The number of pyridine rings is 1. The number of rotatable bonds is 3. The van der Waals surface area contributed by atoms with Gasteiger partial charge in [-0.3, -0.25) is 9.48 Å². The van der Waals surface area contributed by atoms with E-state index in [4.69, 9.17) is 0 Å². The lowest BCUT2D eigenvalue weighted by atomic mass is 9.81. The summed E-state index contributed by atoms with van der Waals surface area (Å²) < 4.78 is 4.02. The molecule has 4 heterocycles. The summed E-state index contributed by atoms with van der Waals surface area (Å²) in [5, 5.41) is 14.8. The first-order chi connectivity index (χ1) is 14.0. The van der Waals surface area contributed by atoms with Gasteiger partial charge in [0.05, 0.1) is 34.3 Å². The Morgan fingerprint density at radius 1 is 1.17 bits per heavy atom. The van der Waals surface area contributed by atoms with Crippen molar-refractivity contribution >= 4 is 34.6 Å². The second-order valence-electron chi connectivity index (χ2n) is 8.09. The zero-order valence-electron chi connectivity index (χ0n) is 17.3. The highest BCUT2D eigenvalue weighted by Gasteiger charge is 2.33. The maximum atomic E-state index is 13.4. The van der Waals surface area contributed by atoms with Gasteiger partial charge in [0, 0.05) is 52.5 Å². The Labute approximate surface area is 175 Å². The maximum absolute atomic E-state index is 13.4. The van der Waals surface area contributed by atoms with Crippen LogP contribution < -0.4 is 4.90 Å². The molecule has 0 unspecified atom stereocenters. The summed E-state index contributed by atoms with van der Waals surface area (Å²) >= 11 is 1.73. The van der Waals surface area contributed by atoms with Gasteiger partial charge in [0.1, 0.15) is 0 Å². The van der Waals surface area contributed by atoms with Crippen LogP contribution in [0.4, 0.5) is 5.69 Å². The van der Waals surface area contributed by atoms with Crippen LogP contribution in [0.25, 0.3) is 11.0 Å². The molecule has 0 aliphatic carbocycles. The predicted octanol–water partition coefficient (Wildman–Crippen LogP) is 2.13. The lowest BCUT2D eigenvalue weighted by molar-refractivity contribution is 0.0704. The zero-order chi connectivity index (χ0) is 20.6. The highest BCUT2D eigenvalue weighted by molar-refractivity contribution is 7.96. The minimum atomic E-state index is -0.296. The molecule has 0 N–H and O–H groups in total. The van der Waals surface area contributed by atoms with E-state index in [1.54, 1.807) is 29.0 Å². The molecular weight excluding hydrogens is 386 g/mol. The number of aromatic nitrogens is 3. The minimum absolute atomic E-state index is 0.0348. The van der Waals surface area contributed by atoms with Crippen molar-refractivity contribution in [2.24, 2.45) is 12.5 Å². The van der Waals surface area contributed by atoms with Crippen molar-refractivity contribution < 1.29 is 4.79 Å². The van der Waals surface area contributed by atoms with Crippen LogP contribution in [-0.4, -0.2) is 75.4 Å². The maximum Gasteiger partial charge on any atom is 0.257 e. The third-order valence-electron chi connectivity index (χ3n) is 6.20. The van der Waals surface area contributed by atoms with E-state index in [1.807, 2.05) is 18.9 Å². The van der Waals surface area contributed by atoms with Crippen molar-refractivity contribution in [3.8, 4) is 6.07 Å². The number of fused-ring (bicyclic) bond motifs is 1. The Balaban J connectivity index is 1.68. The quantitative estimate of drug-likeness (QED) is 0.713. The fourth-order valence-electron chi connectivity index (χ4n) is 4.16. The number of carbonyl (C=O) groups excluding carboxylic acids is 1. The molecule has 2 saturated heterocycles. The molecule has 2 aliphatic heterocycles. The van der Waals surface area contributed by atoms with E-state index in [0.717, 1.165) is 68.8 Å². The number of carbonyl (C=O) groups is 1. The van der Waals surface area contributed by atoms with Crippen LogP contribution in [0, 0.1) is 16.7 Å².